The van der Waals surface area contributed by atoms with E-state index >= 15 is 0 Å². The molecular formula is C59H49N3. The summed E-state index contributed by atoms with van der Waals surface area (Å²) >= 11 is 0. The number of fused-ring (bicyclic) bond motifs is 5. The standard InChI is InChI=1S/C59H49N3/c1-40-48(42-32-34-46(35-33-42)61(45-26-13-8-14-27-45)53-31-19-21-41-20-15-16-28-49(41)53)36-37-55-56(40)59(4,5)52-39-47(60(43-22-9-6-10-23-43)44-24-11-7-12-25-44)38-51-57(52)62(55)54-30-18-17-29-50(54)58(51,2)3/h6-39H,1-5H3. The van der Waals surface area contributed by atoms with Gasteiger partial charge in [0.1, 0.15) is 0 Å². The van der Waals surface area contributed by atoms with Crippen LogP contribution in [0.5, 0.6) is 0 Å². The lowest BCUT2D eigenvalue weighted by Gasteiger charge is -2.50. The van der Waals surface area contributed by atoms with Gasteiger partial charge in [-0.05, 0) is 130 Å². The summed E-state index contributed by atoms with van der Waals surface area (Å²) in [5, 5.41) is 2.45. The molecule has 9 aromatic rings. The normalized spacial score (nSPS) is 14.1. The van der Waals surface area contributed by atoms with Gasteiger partial charge < -0.3 is 14.7 Å². The van der Waals surface area contributed by atoms with Crippen molar-refractivity contribution in [1.82, 2.24) is 0 Å². The minimum absolute atomic E-state index is 0.240. The molecule has 0 spiro atoms. The molecule has 0 saturated carbocycles. The van der Waals surface area contributed by atoms with Crippen LogP contribution in [0.25, 0.3) is 21.9 Å². The first-order valence-electron chi connectivity index (χ1n) is 21.8. The van der Waals surface area contributed by atoms with Crippen LogP contribution < -0.4 is 14.7 Å². The maximum absolute atomic E-state index is 2.58. The van der Waals surface area contributed by atoms with E-state index in [2.05, 4.69) is 256 Å². The molecule has 300 valence electrons. The van der Waals surface area contributed by atoms with E-state index in [0.29, 0.717) is 0 Å². The number of hydrogen-bond acceptors (Lipinski definition) is 3. The molecule has 3 heteroatoms. The zero-order chi connectivity index (χ0) is 42.2. The molecule has 0 N–H and O–H groups in total. The van der Waals surface area contributed by atoms with Crippen LogP contribution in [0.4, 0.5) is 51.2 Å². The van der Waals surface area contributed by atoms with Crippen LogP contribution in [-0.4, -0.2) is 0 Å². The third-order valence-corrected chi connectivity index (χ3v) is 13.5. The highest BCUT2D eigenvalue weighted by Gasteiger charge is 2.47. The molecule has 0 saturated heterocycles. The van der Waals surface area contributed by atoms with Crippen molar-refractivity contribution in [2.24, 2.45) is 0 Å². The fraction of sp³-hybridized carbons (Fsp3) is 0.119. The molecule has 0 aromatic heterocycles. The molecule has 0 radical (unpaired) electrons. The molecule has 0 unspecified atom stereocenters. The lowest BCUT2D eigenvalue weighted by Crippen LogP contribution is -2.39. The van der Waals surface area contributed by atoms with E-state index in [0.717, 1.165) is 28.4 Å². The number of benzene rings is 9. The van der Waals surface area contributed by atoms with E-state index in [-0.39, 0.29) is 10.8 Å². The quantitative estimate of drug-likeness (QED) is 0.159. The molecular weight excluding hydrogens is 751 g/mol. The van der Waals surface area contributed by atoms with Gasteiger partial charge >= 0.3 is 0 Å². The van der Waals surface area contributed by atoms with Gasteiger partial charge in [-0.25, -0.2) is 0 Å². The Balaban J connectivity index is 1.08. The van der Waals surface area contributed by atoms with Crippen LogP contribution >= 0.6 is 0 Å². The molecule has 11 rings (SSSR count). The highest BCUT2D eigenvalue weighted by Crippen LogP contribution is 2.62. The van der Waals surface area contributed by atoms with Crippen LogP contribution in [0.2, 0.25) is 0 Å². The average Bonchev–Trinajstić information content (AvgIpc) is 3.30. The third-order valence-electron chi connectivity index (χ3n) is 13.5. The Morgan fingerprint density at radius 3 is 1.60 bits per heavy atom. The van der Waals surface area contributed by atoms with Crippen molar-refractivity contribution >= 4 is 62.0 Å². The SMILES string of the molecule is Cc1c(-c2ccc(N(c3ccccc3)c3cccc4ccccc34)cc2)ccc2c1C(C)(C)c1cc(N(c3ccccc3)c3ccccc3)cc3c1N2c1ccccc1C3(C)C. The second-order valence-electron chi connectivity index (χ2n) is 17.8. The summed E-state index contributed by atoms with van der Waals surface area (Å²) in [4.78, 5) is 7.38. The molecule has 0 bridgehead atoms. The minimum atomic E-state index is -0.328. The summed E-state index contributed by atoms with van der Waals surface area (Å²) in [6, 6.07) is 75.4. The second kappa shape index (κ2) is 14.4. The van der Waals surface area contributed by atoms with E-state index in [1.54, 1.807) is 0 Å². The minimum Gasteiger partial charge on any atom is -0.310 e. The van der Waals surface area contributed by atoms with E-state index in [1.165, 1.54) is 72.5 Å². The van der Waals surface area contributed by atoms with Gasteiger partial charge in [-0.1, -0.05) is 155 Å². The fourth-order valence-electron chi connectivity index (χ4n) is 10.6. The van der Waals surface area contributed by atoms with Crippen molar-refractivity contribution < 1.29 is 0 Å². The predicted molar refractivity (Wildman–Crippen MR) is 262 cm³/mol. The van der Waals surface area contributed by atoms with Crippen molar-refractivity contribution in [2.45, 2.75) is 45.4 Å². The van der Waals surface area contributed by atoms with Gasteiger partial charge in [0, 0.05) is 44.7 Å². The molecule has 0 atom stereocenters. The number of hydrogen-bond donors (Lipinski definition) is 0. The van der Waals surface area contributed by atoms with Crippen LogP contribution in [-0.2, 0) is 10.8 Å². The Hall–Kier alpha value is -7.36. The summed E-state index contributed by atoms with van der Waals surface area (Å²) < 4.78 is 0. The maximum atomic E-state index is 2.58. The monoisotopic (exact) mass is 799 g/mol. The van der Waals surface area contributed by atoms with E-state index < -0.39 is 0 Å². The van der Waals surface area contributed by atoms with Gasteiger partial charge in [0.25, 0.3) is 0 Å². The molecule has 2 aliphatic rings. The Labute approximate surface area is 365 Å². The lowest BCUT2D eigenvalue weighted by atomic mass is 9.65. The zero-order valence-electron chi connectivity index (χ0n) is 36.0. The van der Waals surface area contributed by atoms with Gasteiger partial charge in [-0.15, -0.1) is 0 Å². The third kappa shape index (κ3) is 5.79. The van der Waals surface area contributed by atoms with Crippen molar-refractivity contribution in [3.63, 3.8) is 0 Å². The van der Waals surface area contributed by atoms with Crippen LogP contribution in [0.3, 0.4) is 0 Å². The molecule has 0 aliphatic carbocycles. The van der Waals surface area contributed by atoms with Gasteiger partial charge in [-0.3, -0.25) is 0 Å². The first-order chi connectivity index (χ1) is 30.2. The highest BCUT2D eigenvalue weighted by atomic mass is 15.2. The molecule has 0 amide bonds. The molecule has 2 aliphatic heterocycles. The number of anilines is 9. The Bertz CT molecular complexity index is 3090. The first-order valence-corrected chi connectivity index (χ1v) is 21.8. The Morgan fingerprint density at radius 2 is 0.935 bits per heavy atom. The van der Waals surface area contributed by atoms with E-state index in [9.17, 15) is 0 Å². The van der Waals surface area contributed by atoms with Gasteiger partial charge in [0.05, 0.1) is 22.7 Å². The summed E-state index contributed by atoms with van der Waals surface area (Å²) in [6.45, 7) is 12.0. The highest BCUT2D eigenvalue weighted by molar-refractivity contribution is 6.00. The summed E-state index contributed by atoms with van der Waals surface area (Å²) in [5.74, 6) is 0. The number of rotatable bonds is 7. The Morgan fingerprint density at radius 1 is 0.403 bits per heavy atom. The first kappa shape index (κ1) is 37.6. The van der Waals surface area contributed by atoms with Crippen molar-refractivity contribution in [2.75, 3.05) is 14.7 Å². The van der Waals surface area contributed by atoms with Crippen LogP contribution in [0.15, 0.2) is 206 Å². The summed E-state index contributed by atoms with van der Waals surface area (Å²) in [6.07, 6.45) is 0. The molecule has 3 nitrogen and oxygen atoms in total. The van der Waals surface area contributed by atoms with Crippen molar-refractivity contribution in [3.05, 3.63) is 234 Å². The predicted octanol–water partition coefficient (Wildman–Crippen LogP) is 16.5. The lowest BCUT2D eigenvalue weighted by molar-refractivity contribution is 0.595. The maximum Gasteiger partial charge on any atom is 0.0545 e. The topological polar surface area (TPSA) is 9.72 Å². The zero-order valence-corrected chi connectivity index (χ0v) is 36.0. The largest absolute Gasteiger partial charge is 0.310 e. The average molecular weight is 800 g/mol. The molecule has 0 fully saturated rings. The van der Waals surface area contributed by atoms with Gasteiger partial charge in [0.15, 0.2) is 0 Å². The smallest absolute Gasteiger partial charge is 0.0545 e. The van der Waals surface area contributed by atoms with Crippen molar-refractivity contribution in [3.8, 4) is 11.1 Å². The van der Waals surface area contributed by atoms with Gasteiger partial charge in [0.2, 0.25) is 0 Å². The van der Waals surface area contributed by atoms with E-state index in [1.807, 2.05) is 0 Å². The number of nitrogens with zero attached hydrogens (tertiary/aromatic N) is 3. The van der Waals surface area contributed by atoms with Crippen LogP contribution in [0.1, 0.15) is 55.5 Å². The van der Waals surface area contributed by atoms with Gasteiger partial charge in [-0.2, -0.15) is 0 Å². The summed E-state index contributed by atoms with van der Waals surface area (Å²) in [5.41, 5.74) is 19.2. The fourth-order valence-corrected chi connectivity index (χ4v) is 10.6. The number of para-hydroxylation sites is 4. The molecule has 9 aromatic carbocycles. The Kier molecular flexibility index (Phi) is 8.73. The second-order valence-corrected chi connectivity index (χ2v) is 17.8. The summed E-state index contributed by atoms with van der Waals surface area (Å²) in [7, 11) is 0. The van der Waals surface area contributed by atoms with Crippen LogP contribution in [0, 0.1) is 6.92 Å². The van der Waals surface area contributed by atoms with Crippen molar-refractivity contribution in [1.29, 1.82) is 0 Å². The molecule has 2 heterocycles. The van der Waals surface area contributed by atoms with E-state index in [4.69, 9.17) is 0 Å². The molecule has 62 heavy (non-hydrogen) atoms.